The third-order valence-electron chi connectivity index (χ3n) is 4.94. The van der Waals surface area contributed by atoms with Crippen LogP contribution in [-0.4, -0.2) is 41.7 Å². The number of benzene rings is 2. The summed E-state index contributed by atoms with van der Waals surface area (Å²) in [4.78, 5) is 18.6. The third kappa shape index (κ3) is 3.91. The standard InChI is InChI=1S/C21H20FN3O4/c1-27-17-8-5-14(9-18(17)28-2)21-23-20(24-29-21)15-10-19(26)25(12-15)11-13-3-6-16(22)7-4-13/h3-9,15H,10-12H2,1-2H3. The van der Waals surface area contributed by atoms with Crippen LogP contribution in [0.4, 0.5) is 4.39 Å². The van der Waals surface area contributed by atoms with Crippen LogP contribution < -0.4 is 9.47 Å². The molecule has 1 fully saturated rings. The maximum atomic E-state index is 13.1. The van der Waals surface area contributed by atoms with Gasteiger partial charge in [0.15, 0.2) is 17.3 Å². The lowest BCUT2D eigenvalue weighted by Gasteiger charge is -2.16. The summed E-state index contributed by atoms with van der Waals surface area (Å²) >= 11 is 0. The number of hydrogen-bond donors (Lipinski definition) is 0. The van der Waals surface area contributed by atoms with Crippen LogP contribution in [0, 0.1) is 5.82 Å². The van der Waals surface area contributed by atoms with Gasteiger partial charge in [0.25, 0.3) is 5.89 Å². The van der Waals surface area contributed by atoms with Crippen LogP contribution in [0.15, 0.2) is 47.0 Å². The Balaban J connectivity index is 1.48. The van der Waals surface area contributed by atoms with E-state index in [9.17, 15) is 9.18 Å². The number of hydrogen-bond acceptors (Lipinski definition) is 6. The monoisotopic (exact) mass is 397 g/mol. The minimum absolute atomic E-state index is 0.0109. The van der Waals surface area contributed by atoms with Crippen molar-refractivity contribution in [1.82, 2.24) is 15.0 Å². The summed E-state index contributed by atoms with van der Waals surface area (Å²) in [6, 6.07) is 11.5. The maximum absolute atomic E-state index is 13.1. The average Bonchev–Trinajstić information content (AvgIpc) is 3.36. The lowest BCUT2D eigenvalue weighted by Crippen LogP contribution is -2.24. The summed E-state index contributed by atoms with van der Waals surface area (Å²) in [6.07, 6.45) is 0.312. The molecule has 150 valence electrons. The molecule has 29 heavy (non-hydrogen) atoms. The van der Waals surface area contributed by atoms with Crippen LogP contribution in [-0.2, 0) is 11.3 Å². The minimum atomic E-state index is -0.297. The molecule has 1 aromatic heterocycles. The quantitative estimate of drug-likeness (QED) is 0.634. The maximum Gasteiger partial charge on any atom is 0.258 e. The van der Waals surface area contributed by atoms with Crippen molar-refractivity contribution in [1.29, 1.82) is 0 Å². The molecule has 1 unspecified atom stereocenters. The topological polar surface area (TPSA) is 77.7 Å². The van der Waals surface area contributed by atoms with Crippen molar-refractivity contribution >= 4 is 5.91 Å². The molecule has 7 nitrogen and oxygen atoms in total. The van der Waals surface area contributed by atoms with Crippen molar-refractivity contribution in [2.75, 3.05) is 20.8 Å². The number of nitrogens with zero attached hydrogens (tertiary/aromatic N) is 3. The van der Waals surface area contributed by atoms with Gasteiger partial charge in [-0.05, 0) is 35.9 Å². The minimum Gasteiger partial charge on any atom is -0.493 e. The van der Waals surface area contributed by atoms with E-state index in [1.54, 1.807) is 49.5 Å². The normalized spacial score (nSPS) is 16.3. The van der Waals surface area contributed by atoms with E-state index in [0.29, 0.717) is 48.3 Å². The van der Waals surface area contributed by atoms with Gasteiger partial charge in [-0.1, -0.05) is 17.3 Å². The first-order chi connectivity index (χ1) is 14.1. The number of carbonyl (C=O) groups is 1. The molecule has 0 aliphatic carbocycles. The second kappa shape index (κ2) is 7.90. The Morgan fingerprint density at radius 1 is 1.14 bits per heavy atom. The smallest absolute Gasteiger partial charge is 0.258 e. The number of halogens is 1. The van der Waals surface area contributed by atoms with Crippen molar-refractivity contribution in [2.45, 2.75) is 18.9 Å². The summed E-state index contributed by atoms with van der Waals surface area (Å²) in [5, 5.41) is 4.07. The van der Waals surface area contributed by atoms with Crippen molar-refractivity contribution in [2.24, 2.45) is 0 Å². The Morgan fingerprint density at radius 3 is 2.62 bits per heavy atom. The van der Waals surface area contributed by atoms with Crippen LogP contribution in [0.5, 0.6) is 11.5 Å². The molecule has 1 amide bonds. The van der Waals surface area contributed by atoms with Crippen LogP contribution in [0.3, 0.4) is 0 Å². The van der Waals surface area contributed by atoms with Gasteiger partial charge in [-0.25, -0.2) is 4.39 Å². The molecule has 2 aromatic carbocycles. The van der Waals surface area contributed by atoms with Crippen molar-refractivity contribution < 1.29 is 23.2 Å². The first-order valence-electron chi connectivity index (χ1n) is 9.15. The summed E-state index contributed by atoms with van der Waals surface area (Å²) < 4.78 is 29.0. The molecule has 0 N–H and O–H groups in total. The molecule has 1 aliphatic heterocycles. The molecule has 0 bridgehead atoms. The second-order valence-corrected chi connectivity index (χ2v) is 6.83. The zero-order valence-electron chi connectivity index (χ0n) is 16.1. The Hall–Kier alpha value is -3.42. The Morgan fingerprint density at radius 2 is 1.90 bits per heavy atom. The number of amides is 1. The number of carbonyl (C=O) groups excluding carboxylic acids is 1. The van der Waals surface area contributed by atoms with Gasteiger partial charge in [0.1, 0.15) is 5.82 Å². The molecule has 1 aliphatic rings. The number of methoxy groups -OCH3 is 2. The number of ether oxygens (including phenoxy) is 2. The van der Waals surface area contributed by atoms with Crippen molar-refractivity contribution in [3.8, 4) is 23.0 Å². The van der Waals surface area contributed by atoms with E-state index in [0.717, 1.165) is 5.56 Å². The van der Waals surface area contributed by atoms with Crippen LogP contribution in [0.2, 0.25) is 0 Å². The summed E-state index contributed by atoms with van der Waals surface area (Å²) in [6.45, 7) is 0.914. The predicted octanol–water partition coefficient (Wildman–Crippen LogP) is 3.41. The molecule has 0 radical (unpaired) electrons. The Labute approximate surface area is 167 Å². The third-order valence-corrected chi connectivity index (χ3v) is 4.94. The van der Waals surface area contributed by atoms with Gasteiger partial charge in [-0.3, -0.25) is 4.79 Å². The van der Waals surface area contributed by atoms with Gasteiger partial charge in [0.05, 0.1) is 14.2 Å². The van der Waals surface area contributed by atoms with Crippen LogP contribution >= 0.6 is 0 Å². The average molecular weight is 397 g/mol. The zero-order valence-corrected chi connectivity index (χ0v) is 16.1. The first kappa shape index (κ1) is 18.9. The van der Waals surface area contributed by atoms with Gasteiger partial charge in [0.2, 0.25) is 5.91 Å². The van der Waals surface area contributed by atoms with Gasteiger partial charge in [-0.15, -0.1) is 0 Å². The highest BCUT2D eigenvalue weighted by Gasteiger charge is 2.33. The van der Waals surface area contributed by atoms with E-state index in [2.05, 4.69) is 10.1 Å². The summed E-state index contributed by atoms with van der Waals surface area (Å²) in [5.41, 5.74) is 1.58. The van der Waals surface area contributed by atoms with Gasteiger partial charge >= 0.3 is 0 Å². The Kier molecular flexibility index (Phi) is 5.16. The molecule has 2 heterocycles. The number of rotatable bonds is 6. The number of aromatic nitrogens is 2. The lowest BCUT2D eigenvalue weighted by molar-refractivity contribution is -0.128. The van der Waals surface area contributed by atoms with E-state index in [-0.39, 0.29) is 17.6 Å². The molecular weight excluding hydrogens is 377 g/mol. The molecule has 0 spiro atoms. The molecule has 1 atom stereocenters. The fourth-order valence-corrected chi connectivity index (χ4v) is 3.40. The second-order valence-electron chi connectivity index (χ2n) is 6.83. The largest absolute Gasteiger partial charge is 0.493 e. The predicted molar refractivity (Wildman–Crippen MR) is 102 cm³/mol. The molecule has 3 aromatic rings. The zero-order chi connectivity index (χ0) is 20.4. The van der Waals surface area contributed by atoms with E-state index in [1.165, 1.54) is 12.1 Å². The van der Waals surface area contributed by atoms with Gasteiger partial charge < -0.3 is 18.9 Å². The van der Waals surface area contributed by atoms with Gasteiger partial charge in [-0.2, -0.15) is 4.98 Å². The molecule has 8 heteroatoms. The van der Waals surface area contributed by atoms with Crippen LogP contribution in [0.25, 0.3) is 11.5 Å². The summed E-state index contributed by atoms with van der Waals surface area (Å²) in [7, 11) is 3.12. The SMILES string of the molecule is COc1ccc(-c2nc(C3CC(=O)N(Cc4ccc(F)cc4)C3)no2)cc1OC. The Bertz CT molecular complexity index is 1020. The fourth-order valence-electron chi connectivity index (χ4n) is 3.40. The molecule has 0 saturated carbocycles. The van der Waals surface area contributed by atoms with E-state index < -0.39 is 0 Å². The highest BCUT2D eigenvalue weighted by atomic mass is 19.1. The fraction of sp³-hybridized carbons (Fsp3) is 0.286. The highest BCUT2D eigenvalue weighted by molar-refractivity contribution is 5.79. The van der Waals surface area contributed by atoms with Crippen molar-refractivity contribution in [3.63, 3.8) is 0 Å². The molecular formula is C21H20FN3O4. The van der Waals surface area contributed by atoms with E-state index in [4.69, 9.17) is 14.0 Å². The first-order valence-corrected chi connectivity index (χ1v) is 9.15. The van der Waals surface area contributed by atoms with Crippen LogP contribution in [0.1, 0.15) is 23.7 Å². The van der Waals surface area contributed by atoms with E-state index in [1.807, 2.05) is 0 Å². The highest BCUT2D eigenvalue weighted by Crippen LogP contribution is 2.33. The molecule has 4 rings (SSSR count). The number of likely N-dealkylation sites (tertiary alicyclic amines) is 1. The van der Waals surface area contributed by atoms with Gasteiger partial charge in [0, 0.05) is 31.0 Å². The molecule has 1 saturated heterocycles. The van der Waals surface area contributed by atoms with Crippen molar-refractivity contribution in [3.05, 3.63) is 59.7 Å². The lowest BCUT2D eigenvalue weighted by atomic mass is 10.1. The van der Waals surface area contributed by atoms with E-state index >= 15 is 0 Å². The summed E-state index contributed by atoms with van der Waals surface area (Å²) in [5.74, 6) is 1.57.